The van der Waals surface area contributed by atoms with Gasteiger partial charge in [0, 0.05) is 13.1 Å². The Labute approximate surface area is 125 Å². The summed E-state index contributed by atoms with van der Waals surface area (Å²) in [7, 11) is 1.35. The standard InChI is InChI=1S/C16H22N2O3/c1-21-15(19)12-14-16(20)17-9-11-18(14)10-5-8-13-6-3-2-4-7-13/h2-4,6-7,14H,5,8-12H2,1H3,(H,17,20)/t14-/m1/s1. The molecule has 1 aliphatic rings. The number of aryl methyl sites for hydroxylation is 1. The maximum Gasteiger partial charge on any atom is 0.307 e. The number of esters is 1. The molecule has 0 unspecified atom stereocenters. The molecule has 1 aromatic rings. The molecule has 1 amide bonds. The number of rotatable bonds is 6. The summed E-state index contributed by atoms with van der Waals surface area (Å²) in [6, 6.07) is 9.88. The molecule has 5 nitrogen and oxygen atoms in total. The zero-order chi connectivity index (χ0) is 15.1. The number of benzene rings is 1. The Morgan fingerprint density at radius 3 is 2.86 bits per heavy atom. The Morgan fingerprint density at radius 2 is 2.14 bits per heavy atom. The third-order valence-electron chi connectivity index (χ3n) is 3.78. The van der Waals surface area contributed by atoms with Crippen LogP contribution in [0.15, 0.2) is 30.3 Å². The number of methoxy groups -OCH3 is 1. The average Bonchev–Trinajstić information content (AvgIpc) is 2.51. The van der Waals surface area contributed by atoms with Crippen molar-refractivity contribution in [2.45, 2.75) is 25.3 Å². The van der Waals surface area contributed by atoms with Gasteiger partial charge in [-0.05, 0) is 24.9 Å². The molecule has 1 N–H and O–H groups in total. The number of nitrogens with zero attached hydrogens (tertiary/aromatic N) is 1. The number of hydrogen-bond acceptors (Lipinski definition) is 4. The van der Waals surface area contributed by atoms with Gasteiger partial charge in [0.2, 0.25) is 5.91 Å². The van der Waals surface area contributed by atoms with Crippen LogP contribution in [-0.2, 0) is 20.7 Å². The molecule has 2 rings (SSSR count). The minimum atomic E-state index is -0.401. The second kappa shape index (κ2) is 7.78. The normalized spacial score (nSPS) is 19.1. The highest BCUT2D eigenvalue weighted by Gasteiger charge is 2.31. The lowest BCUT2D eigenvalue weighted by Gasteiger charge is -2.34. The summed E-state index contributed by atoms with van der Waals surface area (Å²) in [5.41, 5.74) is 1.29. The molecule has 1 atom stereocenters. The predicted octanol–water partition coefficient (Wildman–Crippen LogP) is 0.983. The third-order valence-corrected chi connectivity index (χ3v) is 3.78. The fourth-order valence-corrected chi connectivity index (χ4v) is 2.62. The smallest absolute Gasteiger partial charge is 0.307 e. The number of ether oxygens (including phenoxy) is 1. The molecule has 21 heavy (non-hydrogen) atoms. The highest BCUT2D eigenvalue weighted by atomic mass is 16.5. The Hall–Kier alpha value is -1.88. The SMILES string of the molecule is COC(=O)C[C@@H]1C(=O)NCCN1CCCc1ccccc1. The lowest BCUT2D eigenvalue weighted by atomic mass is 10.1. The third kappa shape index (κ3) is 4.56. The molecule has 0 radical (unpaired) electrons. The highest BCUT2D eigenvalue weighted by molar-refractivity contribution is 5.87. The molecule has 1 saturated heterocycles. The van der Waals surface area contributed by atoms with Crippen molar-refractivity contribution in [1.29, 1.82) is 0 Å². The summed E-state index contributed by atoms with van der Waals surface area (Å²) < 4.78 is 4.68. The average molecular weight is 290 g/mol. The van der Waals surface area contributed by atoms with Gasteiger partial charge in [-0.3, -0.25) is 14.5 Å². The van der Waals surface area contributed by atoms with Gasteiger partial charge in [-0.25, -0.2) is 0 Å². The van der Waals surface area contributed by atoms with Crippen molar-refractivity contribution in [1.82, 2.24) is 10.2 Å². The van der Waals surface area contributed by atoms with Gasteiger partial charge in [-0.1, -0.05) is 30.3 Å². The van der Waals surface area contributed by atoms with Gasteiger partial charge < -0.3 is 10.1 Å². The van der Waals surface area contributed by atoms with Crippen LogP contribution in [0.1, 0.15) is 18.4 Å². The van der Waals surface area contributed by atoms with Crippen molar-refractivity contribution in [3.05, 3.63) is 35.9 Å². The summed E-state index contributed by atoms with van der Waals surface area (Å²) in [5.74, 6) is -0.420. The predicted molar refractivity (Wildman–Crippen MR) is 79.8 cm³/mol. The zero-order valence-corrected chi connectivity index (χ0v) is 12.4. The minimum Gasteiger partial charge on any atom is -0.469 e. The molecule has 1 aromatic carbocycles. The molecular weight excluding hydrogens is 268 g/mol. The summed E-state index contributed by atoms with van der Waals surface area (Å²) >= 11 is 0. The Bertz CT molecular complexity index is 476. The van der Waals surface area contributed by atoms with Gasteiger partial charge >= 0.3 is 5.97 Å². The van der Waals surface area contributed by atoms with Crippen LogP contribution in [0.2, 0.25) is 0 Å². The zero-order valence-electron chi connectivity index (χ0n) is 12.4. The maximum atomic E-state index is 11.9. The quantitative estimate of drug-likeness (QED) is 0.794. The van der Waals surface area contributed by atoms with Crippen LogP contribution < -0.4 is 5.32 Å². The van der Waals surface area contributed by atoms with Crippen LogP contribution in [0.4, 0.5) is 0 Å². The van der Waals surface area contributed by atoms with Crippen molar-refractivity contribution >= 4 is 11.9 Å². The molecule has 0 saturated carbocycles. The van der Waals surface area contributed by atoms with Gasteiger partial charge in [-0.2, -0.15) is 0 Å². The number of amides is 1. The van der Waals surface area contributed by atoms with Crippen LogP contribution in [0, 0.1) is 0 Å². The van der Waals surface area contributed by atoms with E-state index >= 15 is 0 Å². The monoisotopic (exact) mass is 290 g/mol. The van der Waals surface area contributed by atoms with Crippen molar-refractivity contribution < 1.29 is 14.3 Å². The first-order valence-corrected chi connectivity index (χ1v) is 7.33. The molecule has 0 aromatic heterocycles. The molecule has 1 aliphatic heterocycles. The fraction of sp³-hybridized carbons (Fsp3) is 0.500. The largest absolute Gasteiger partial charge is 0.469 e. The number of hydrogen-bond donors (Lipinski definition) is 1. The Kier molecular flexibility index (Phi) is 5.75. The molecule has 5 heteroatoms. The van der Waals surface area contributed by atoms with E-state index in [-0.39, 0.29) is 18.3 Å². The maximum absolute atomic E-state index is 11.9. The van der Waals surface area contributed by atoms with Gasteiger partial charge in [0.25, 0.3) is 0 Å². The van der Waals surface area contributed by atoms with E-state index in [1.165, 1.54) is 12.7 Å². The van der Waals surface area contributed by atoms with Crippen LogP contribution in [0.3, 0.4) is 0 Å². The van der Waals surface area contributed by atoms with Crippen LogP contribution in [0.25, 0.3) is 0 Å². The van der Waals surface area contributed by atoms with Crippen molar-refractivity contribution in [3.63, 3.8) is 0 Å². The topological polar surface area (TPSA) is 58.6 Å². The number of nitrogens with one attached hydrogen (secondary N) is 1. The Morgan fingerprint density at radius 1 is 1.38 bits per heavy atom. The first-order valence-electron chi connectivity index (χ1n) is 7.33. The van der Waals surface area contributed by atoms with Crippen molar-refractivity contribution in [2.75, 3.05) is 26.7 Å². The van der Waals surface area contributed by atoms with Gasteiger partial charge in [0.05, 0.1) is 19.6 Å². The van der Waals surface area contributed by atoms with E-state index in [0.717, 1.165) is 25.9 Å². The molecule has 114 valence electrons. The van der Waals surface area contributed by atoms with Gasteiger partial charge in [0.15, 0.2) is 0 Å². The molecule has 1 fully saturated rings. The molecule has 0 aliphatic carbocycles. The van der Waals surface area contributed by atoms with Crippen molar-refractivity contribution in [2.24, 2.45) is 0 Å². The summed E-state index contributed by atoms with van der Waals surface area (Å²) in [6.45, 7) is 2.23. The molecule has 0 spiro atoms. The van der Waals surface area contributed by atoms with Crippen molar-refractivity contribution in [3.8, 4) is 0 Å². The van der Waals surface area contributed by atoms with Crippen LogP contribution in [0.5, 0.6) is 0 Å². The van der Waals surface area contributed by atoms with Crippen LogP contribution in [-0.4, -0.2) is 49.6 Å². The summed E-state index contributed by atoms with van der Waals surface area (Å²) in [6.07, 6.45) is 2.06. The van der Waals surface area contributed by atoms with E-state index in [1.54, 1.807) is 0 Å². The summed E-state index contributed by atoms with van der Waals surface area (Å²) in [5, 5.41) is 2.81. The minimum absolute atomic E-state index is 0.0774. The molecular formula is C16H22N2O3. The van der Waals surface area contributed by atoms with E-state index in [1.807, 2.05) is 18.2 Å². The Balaban J connectivity index is 1.86. The van der Waals surface area contributed by atoms with E-state index in [9.17, 15) is 9.59 Å². The first-order chi connectivity index (χ1) is 10.2. The van der Waals surface area contributed by atoms with Gasteiger partial charge in [0.1, 0.15) is 0 Å². The van der Waals surface area contributed by atoms with E-state index in [0.29, 0.717) is 6.54 Å². The van der Waals surface area contributed by atoms with E-state index in [2.05, 4.69) is 27.1 Å². The first kappa shape index (κ1) is 15.5. The highest BCUT2D eigenvalue weighted by Crippen LogP contribution is 2.12. The second-order valence-corrected chi connectivity index (χ2v) is 5.21. The number of carbonyl (C=O) groups is 2. The lowest BCUT2D eigenvalue weighted by molar-refractivity contribution is -0.145. The second-order valence-electron chi connectivity index (χ2n) is 5.21. The molecule has 0 bridgehead atoms. The fourth-order valence-electron chi connectivity index (χ4n) is 2.62. The number of carbonyl (C=O) groups excluding carboxylic acids is 2. The van der Waals surface area contributed by atoms with Gasteiger partial charge in [-0.15, -0.1) is 0 Å². The summed E-state index contributed by atoms with van der Waals surface area (Å²) in [4.78, 5) is 25.4. The number of piperazine rings is 1. The lowest BCUT2D eigenvalue weighted by Crippen LogP contribution is -2.56. The molecule has 1 heterocycles. The van der Waals surface area contributed by atoms with E-state index in [4.69, 9.17) is 0 Å². The van der Waals surface area contributed by atoms with Crippen LogP contribution >= 0.6 is 0 Å². The van der Waals surface area contributed by atoms with E-state index < -0.39 is 6.04 Å².